The molecule has 0 atom stereocenters. The molecule has 0 unspecified atom stereocenters. The highest BCUT2D eigenvalue weighted by atomic mass is 16.6. The number of amides is 1. The Balaban J connectivity index is 2.15. The van der Waals surface area contributed by atoms with E-state index in [1.807, 2.05) is 0 Å². The van der Waals surface area contributed by atoms with Gasteiger partial charge in [-0.3, -0.25) is 24.3 Å². The lowest BCUT2D eigenvalue weighted by atomic mass is 10.3. The summed E-state index contributed by atoms with van der Waals surface area (Å²) in [5, 5.41) is 21.1. The van der Waals surface area contributed by atoms with Crippen molar-refractivity contribution in [2.45, 2.75) is 20.4 Å². The number of nitrogens with zero attached hydrogens (tertiary/aromatic N) is 5. The molecule has 0 radical (unpaired) electrons. The molecule has 1 N–H and O–H groups in total. The number of rotatable bonds is 6. The molecule has 0 saturated heterocycles. The maximum Gasteiger partial charge on any atom is 0.343 e. The van der Waals surface area contributed by atoms with Gasteiger partial charge in [0.05, 0.1) is 17.7 Å². The predicted molar refractivity (Wildman–Crippen MR) is 81.4 cm³/mol. The molecule has 0 aliphatic carbocycles. The van der Waals surface area contributed by atoms with E-state index in [0.29, 0.717) is 0 Å². The number of hydrogen-bond donors (Lipinski definition) is 1. The molecule has 128 valence electrons. The van der Waals surface area contributed by atoms with Crippen LogP contribution < -0.4 is 5.32 Å². The number of nitro groups is 1. The van der Waals surface area contributed by atoms with Crippen molar-refractivity contribution in [3.63, 3.8) is 0 Å². The van der Waals surface area contributed by atoms with Gasteiger partial charge in [0.25, 0.3) is 0 Å². The number of ether oxygens (including phenoxy) is 1. The fourth-order valence-corrected chi connectivity index (χ4v) is 2.03. The van der Waals surface area contributed by atoms with Crippen molar-refractivity contribution in [2.75, 3.05) is 11.9 Å². The molecule has 2 aromatic rings. The van der Waals surface area contributed by atoms with Gasteiger partial charge in [-0.25, -0.2) is 4.79 Å². The van der Waals surface area contributed by atoms with Crippen molar-refractivity contribution < 1.29 is 19.2 Å². The highest BCUT2D eigenvalue weighted by Gasteiger charge is 2.21. The standard InChI is InChI=1S/C13H16N6O5/c1-4-24-13(21)9-5-14-17(3)12(9)16-11(20)7-18-8(2)10(6-15-18)19(22)23/h5-6H,4,7H2,1-3H3,(H,16,20). The summed E-state index contributed by atoms with van der Waals surface area (Å²) in [6, 6.07) is 0. The summed E-state index contributed by atoms with van der Waals surface area (Å²) in [7, 11) is 1.56. The van der Waals surface area contributed by atoms with Crippen molar-refractivity contribution in [3.8, 4) is 0 Å². The Bertz CT molecular complexity index is 793. The number of carbonyl (C=O) groups excluding carboxylic acids is 2. The van der Waals surface area contributed by atoms with Crippen molar-refractivity contribution >= 4 is 23.4 Å². The van der Waals surface area contributed by atoms with Crippen molar-refractivity contribution in [3.05, 3.63) is 33.8 Å². The van der Waals surface area contributed by atoms with E-state index in [-0.39, 0.29) is 35.9 Å². The predicted octanol–water partition coefficient (Wildman–Crippen LogP) is 0.649. The molecule has 2 rings (SSSR count). The number of nitrogens with one attached hydrogen (secondary N) is 1. The number of aryl methyl sites for hydroxylation is 1. The SMILES string of the molecule is CCOC(=O)c1cnn(C)c1NC(=O)Cn1ncc([N+](=O)[O-])c1C. The van der Waals surface area contributed by atoms with E-state index in [1.165, 1.54) is 22.5 Å². The second-order valence-corrected chi connectivity index (χ2v) is 4.83. The van der Waals surface area contributed by atoms with Crippen LogP contribution in [0.2, 0.25) is 0 Å². The monoisotopic (exact) mass is 336 g/mol. The van der Waals surface area contributed by atoms with E-state index in [2.05, 4.69) is 15.5 Å². The molecule has 0 spiro atoms. The lowest BCUT2D eigenvalue weighted by molar-refractivity contribution is -0.385. The molecular weight excluding hydrogens is 320 g/mol. The average Bonchev–Trinajstić information content (AvgIpc) is 3.04. The lowest BCUT2D eigenvalue weighted by Gasteiger charge is -2.09. The number of carbonyl (C=O) groups is 2. The summed E-state index contributed by atoms with van der Waals surface area (Å²) >= 11 is 0. The highest BCUT2D eigenvalue weighted by Crippen LogP contribution is 2.18. The third kappa shape index (κ3) is 3.39. The number of hydrogen-bond acceptors (Lipinski definition) is 7. The van der Waals surface area contributed by atoms with Gasteiger partial charge < -0.3 is 10.1 Å². The van der Waals surface area contributed by atoms with Gasteiger partial charge in [0.15, 0.2) is 0 Å². The minimum absolute atomic E-state index is 0.121. The summed E-state index contributed by atoms with van der Waals surface area (Å²) in [5.74, 6) is -0.935. The molecule has 11 nitrogen and oxygen atoms in total. The Morgan fingerprint density at radius 2 is 2.08 bits per heavy atom. The van der Waals surface area contributed by atoms with E-state index in [9.17, 15) is 19.7 Å². The quantitative estimate of drug-likeness (QED) is 0.465. The summed E-state index contributed by atoms with van der Waals surface area (Å²) < 4.78 is 7.42. The Labute approximate surface area is 136 Å². The topological polar surface area (TPSA) is 134 Å². The molecule has 11 heteroatoms. The summed E-state index contributed by atoms with van der Waals surface area (Å²) in [6.45, 7) is 3.11. The summed E-state index contributed by atoms with van der Waals surface area (Å²) in [4.78, 5) is 34.2. The zero-order valence-corrected chi connectivity index (χ0v) is 13.3. The van der Waals surface area contributed by atoms with Gasteiger partial charge in [-0.15, -0.1) is 0 Å². The molecule has 0 bridgehead atoms. The molecular formula is C13H16N6O5. The molecule has 24 heavy (non-hydrogen) atoms. The molecule has 0 aliphatic heterocycles. The molecule has 0 aromatic carbocycles. The van der Waals surface area contributed by atoms with E-state index in [4.69, 9.17) is 4.74 Å². The zero-order chi connectivity index (χ0) is 17.9. The number of aromatic nitrogens is 4. The van der Waals surface area contributed by atoms with Crippen LogP contribution in [0.15, 0.2) is 12.4 Å². The average molecular weight is 336 g/mol. The molecule has 0 saturated carbocycles. The number of anilines is 1. The highest BCUT2D eigenvalue weighted by molar-refractivity contribution is 6.00. The fourth-order valence-electron chi connectivity index (χ4n) is 2.03. The van der Waals surface area contributed by atoms with Gasteiger partial charge in [0.2, 0.25) is 5.91 Å². The van der Waals surface area contributed by atoms with Gasteiger partial charge in [-0.05, 0) is 13.8 Å². The minimum Gasteiger partial charge on any atom is -0.462 e. The maximum absolute atomic E-state index is 12.2. The van der Waals surface area contributed by atoms with Gasteiger partial charge in [0.1, 0.15) is 29.8 Å². The first-order valence-corrected chi connectivity index (χ1v) is 7.00. The summed E-state index contributed by atoms with van der Waals surface area (Å²) in [6.07, 6.45) is 2.37. The van der Waals surface area contributed by atoms with Gasteiger partial charge in [-0.1, -0.05) is 0 Å². The maximum atomic E-state index is 12.2. The van der Waals surface area contributed by atoms with E-state index < -0.39 is 16.8 Å². The van der Waals surface area contributed by atoms with Crippen molar-refractivity contribution in [1.29, 1.82) is 0 Å². The van der Waals surface area contributed by atoms with Crippen LogP contribution in [0, 0.1) is 17.0 Å². The second kappa shape index (κ2) is 6.89. The summed E-state index contributed by atoms with van der Waals surface area (Å²) in [5.41, 5.74) is 0.206. The largest absolute Gasteiger partial charge is 0.462 e. The van der Waals surface area contributed by atoms with Crippen LogP contribution in [0.25, 0.3) is 0 Å². The third-order valence-electron chi connectivity index (χ3n) is 3.26. The van der Waals surface area contributed by atoms with Gasteiger partial charge >= 0.3 is 11.7 Å². The van der Waals surface area contributed by atoms with E-state index >= 15 is 0 Å². The third-order valence-corrected chi connectivity index (χ3v) is 3.26. The van der Waals surface area contributed by atoms with Crippen LogP contribution in [0.3, 0.4) is 0 Å². The first-order valence-electron chi connectivity index (χ1n) is 7.00. The lowest BCUT2D eigenvalue weighted by Crippen LogP contribution is -2.23. The molecule has 0 fully saturated rings. The van der Waals surface area contributed by atoms with Crippen LogP contribution in [0.4, 0.5) is 11.5 Å². The first kappa shape index (κ1) is 17.1. The van der Waals surface area contributed by atoms with E-state index in [0.717, 1.165) is 6.20 Å². The Hall–Kier alpha value is -3.24. The van der Waals surface area contributed by atoms with E-state index in [1.54, 1.807) is 14.0 Å². The van der Waals surface area contributed by atoms with Crippen molar-refractivity contribution in [2.24, 2.45) is 7.05 Å². The Kier molecular flexibility index (Phi) is 4.92. The van der Waals surface area contributed by atoms with Crippen molar-refractivity contribution in [1.82, 2.24) is 19.6 Å². The molecule has 0 aliphatic rings. The Morgan fingerprint density at radius 1 is 1.38 bits per heavy atom. The molecule has 2 aromatic heterocycles. The first-order chi connectivity index (χ1) is 11.3. The molecule has 1 amide bonds. The van der Waals surface area contributed by atoms with Crippen LogP contribution in [-0.4, -0.2) is 43.0 Å². The van der Waals surface area contributed by atoms with Gasteiger partial charge in [-0.2, -0.15) is 10.2 Å². The zero-order valence-electron chi connectivity index (χ0n) is 13.3. The van der Waals surface area contributed by atoms with Crippen LogP contribution in [0.1, 0.15) is 23.0 Å². The number of esters is 1. The molecule has 2 heterocycles. The minimum atomic E-state index is -0.605. The van der Waals surface area contributed by atoms with Gasteiger partial charge in [0, 0.05) is 7.05 Å². The van der Waals surface area contributed by atoms with Crippen LogP contribution in [-0.2, 0) is 23.1 Å². The second-order valence-electron chi connectivity index (χ2n) is 4.83. The van der Waals surface area contributed by atoms with Crippen LogP contribution >= 0.6 is 0 Å². The Morgan fingerprint density at radius 3 is 2.67 bits per heavy atom. The fraction of sp³-hybridized carbons (Fsp3) is 0.385. The normalized spacial score (nSPS) is 10.5. The smallest absolute Gasteiger partial charge is 0.343 e. The van der Waals surface area contributed by atoms with Crippen LogP contribution in [0.5, 0.6) is 0 Å².